The zero-order chi connectivity index (χ0) is 19.7. The first-order chi connectivity index (χ1) is 13.5. The normalized spacial score (nSPS) is 14.0. The highest BCUT2D eigenvalue weighted by Gasteiger charge is 2.24. The first-order valence-corrected chi connectivity index (χ1v) is 10.1. The molecule has 0 fully saturated rings. The van der Waals surface area contributed by atoms with E-state index in [1.54, 1.807) is 11.3 Å². The molecule has 1 aliphatic heterocycles. The van der Waals surface area contributed by atoms with E-state index in [0.717, 1.165) is 46.5 Å². The smallest absolute Gasteiger partial charge is 0.319 e. The van der Waals surface area contributed by atoms with Crippen LogP contribution in [0.3, 0.4) is 0 Å². The standard InChI is InChI=1S/C20H23N5O2S/c1-12(9-16-13(2)24-27-14(16)3)22-19(26)23-18-6-4-5-15-10-25(11-17(15)18)20-21-7-8-28-20/h4-8,12H,9-11H2,1-3H3,(H2,22,23,26). The Morgan fingerprint density at radius 1 is 1.36 bits per heavy atom. The lowest BCUT2D eigenvalue weighted by molar-refractivity contribution is 0.249. The maximum absolute atomic E-state index is 12.5. The van der Waals surface area contributed by atoms with Gasteiger partial charge in [-0.2, -0.15) is 0 Å². The summed E-state index contributed by atoms with van der Waals surface area (Å²) in [6.45, 7) is 7.34. The van der Waals surface area contributed by atoms with Gasteiger partial charge >= 0.3 is 6.03 Å². The van der Waals surface area contributed by atoms with E-state index in [1.807, 2.05) is 44.5 Å². The fraction of sp³-hybridized carbons (Fsp3) is 0.350. The number of carbonyl (C=O) groups excluding carboxylic acids is 1. The van der Waals surface area contributed by atoms with Crippen molar-refractivity contribution in [1.29, 1.82) is 0 Å². The van der Waals surface area contributed by atoms with Gasteiger partial charge in [0.2, 0.25) is 0 Å². The van der Waals surface area contributed by atoms with Gasteiger partial charge in [0.1, 0.15) is 5.76 Å². The average molecular weight is 398 g/mol. The second-order valence-electron chi connectivity index (χ2n) is 7.12. The molecule has 1 aliphatic rings. The minimum atomic E-state index is -0.208. The average Bonchev–Trinajstić information content (AvgIpc) is 3.38. The summed E-state index contributed by atoms with van der Waals surface area (Å²) in [5, 5.41) is 13.0. The lowest BCUT2D eigenvalue weighted by Crippen LogP contribution is -2.37. The van der Waals surface area contributed by atoms with E-state index in [9.17, 15) is 4.79 Å². The van der Waals surface area contributed by atoms with Crippen LogP contribution in [0.1, 0.15) is 35.1 Å². The fourth-order valence-electron chi connectivity index (χ4n) is 3.58. The van der Waals surface area contributed by atoms with Gasteiger partial charge in [0, 0.05) is 47.5 Å². The number of fused-ring (bicyclic) bond motifs is 1. The van der Waals surface area contributed by atoms with Gasteiger partial charge in [-0.3, -0.25) is 0 Å². The van der Waals surface area contributed by atoms with E-state index < -0.39 is 0 Å². The van der Waals surface area contributed by atoms with Crippen LogP contribution in [0.5, 0.6) is 0 Å². The summed E-state index contributed by atoms with van der Waals surface area (Å²) in [7, 11) is 0. The molecule has 2 N–H and O–H groups in total. The van der Waals surface area contributed by atoms with E-state index >= 15 is 0 Å². The molecule has 1 atom stereocenters. The SMILES string of the molecule is Cc1noc(C)c1CC(C)NC(=O)Nc1cccc2c1CN(c1nccs1)C2. The molecule has 0 saturated heterocycles. The second kappa shape index (κ2) is 7.63. The molecule has 4 rings (SSSR count). The predicted octanol–water partition coefficient (Wildman–Crippen LogP) is 4.02. The number of anilines is 2. The summed E-state index contributed by atoms with van der Waals surface area (Å²) in [5.41, 5.74) is 5.13. The van der Waals surface area contributed by atoms with Crippen molar-refractivity contribution >= 4 is 28.2 Å². The molecule has 0 saturated carbocycles. The largest absolute Gasteiger partial charge is 0.361 e. The monoisotopic (exact) mass is 397 g/mol. The van der Waals surface area contributed by atoms with Crippen LogP contribution in [0.15, 0.2) is 34.3 Å². The number of hydrogen-bond acceptors (Lipinski definition) is 6. The fourth-order valence-corrected chi connectivity index (χ4v) is 4.22. The Morgan fingerprint density at radius 3 is 2.93 bits per heavy atom. The Morgan fingerprint density at radius 2 is 2.21 bits per heavy atom. The van der Waals surface area contributed by atoms with E-state index in [-0.39, 0.29) is 12.1 Å². The van der Waals surface area contributed by atoms with Crippen LogP contribution in [-0.2, 0) is 19.5 Å². The Kier molecular flexibility index (Phi) is 5.04. The number of thiazole rings is 1. The molecule has 3 aromatic rings. The number of rotatable bonds is 5. The van der Waals surface area contributed by atoms with Gasteiger partial charge in [-0.1, -0.05) is 17.3 Å². The highest BCUT2D eigenvalue weighted by Crippen LogP contribution is 2.33. The maximum atomic E-state index is 12.5. The Bertz CT molecular complexity index is 963. The number of aromatic nitrogens is 2. The van der Waals surface area contributed by atoms with Crippen LogP contribution in [-0.4, -0.2) is 22.2 Å². The van der Waals surface area contributed by atoms with Crippen molar-refractivity contribution in [1.82, 2.24) is 15.5 Å². The molecular weight excluding hydrogens is 374 g/mol. The first-order valence-electron chi connectivity index (χ1n) is 9.25. The van der Waals surface area contributed by atoms with Crippen molar-refractivity contribution in [2.75, 3.05) is 10.2 Å². The topological polar surface area (TPSA) is 83.3 Å². The number of nitrogens with zero attached hydrogens (tertiary/aromatic N) is 3. The Labute approximate surface area is 167 Å². The van der Waals surface area contributed by atoms with Crippen LogP contribution >= 0.6 is 11.3 Å². The Hall–Kier alpha value is -2.87. The van der Waals surface area contributed by atoms with Crippen molar-refractivity contribution < 1.29 is 9.32 Å². The molecule has 1 aromatic carbocycles. The van der Waals surface area contributed by atoms with Crippen molar-refractivity contribution in [3.05, 3.63) is 57.9 Å². The highest BCUT2D eigenvalue weighted by atomic mass is 32.1. The van der Waals surface area contributed by atoms with E-state index in [4.69, 9.17) is 4.52 Å². The summed E-state index contributed by atoms with van der Waals surface area (Å²) in [6, 6.07) is 5.78. The number of amides is 2. The minimum Gasteiger partial charge on any atom is -0.361 e. The van der Waals surface area contributed by atoms with Crippen LogP contribution in [0.25, 0.3) is 0 Å². The van der Waals surface area contributed by atoms with Crippen LogP contribution in [0, 0.1) is 13.8 Å². The molecule has 7 nitrogen and oxygen atoms in total. The number of carbonyl (C=O) groups is 1. The van der Waals surface area contributed by atoms with Gasteiger partial charge in [0.25, 0.3) is 0 Å². The molecule has 146 valence electrons. The Balaban J connectivity index is 1.40. The zero-order valence-electron chi connectivity index (χ0n) is 16.2. The number of urea groups is 1. The third-order valence-corrected chi connectivity index (χ3v) is 5.82. The molecule has 2 aromatic heterocycles. The van der Waals surface area contributed by atoms with Gasteiger partial charge in [-0.15, -0.1) is 11.3 Å². The van der Waals surface area contributed by atoms with E-state index in [2.05, 4.69) is 31.7 Å². The number of benzene rings is 1. The highest BCUT2D eigenvalue weighted by molar-refractivity contribution is 7.13. The molecule has 1 unspecified atom stereocenters. The molecule has 0 radical (unpaired) electrons. The van der Waals surface area contributed by atoms with Crippen molar-refractivity contribution in [3.8, 4) is 0 Å². The number of nitrogens with one attached hydrogen (secondary N) is 2. The van der Waals surface area contributed by atoms with Crippen LogP contribution in [0.4, 0.5) is 15.6 Å². The zero-order valence-corrected chi connectivity index (χ0v) is 17.0. The summed E-state index contributed by atoms with van der Waals surface area (Å²) < 4.78 is 5.20. The lowest BCUT2D eigenvalue weighted by Gasteiger charge is -2.16. The number of hydrogen-bond donors (Lipinski definition) is 2. The third kappa shape index (κ3) is 3.73. The van der Waals surface area contributed by atoms with Gasteiger partial charge in [0.05, 0.1) is 5.69 Å². The molecule has 0 spiro atoms. The van der Waals surface area contributed by atoms with E-state index in [1.165, 1.54) is 5.56 Å². The molecule has 0 aliphatic carbocycles. The molecule has 0 bridgehead atoms. The van der Waals surface area contributed by atoms with Gasteiger partial charge in [-0.25, -0.2) is 9.78 Å². The predicted molar refractivity (Wildman–Crippen MR) is 110 cm³/mol. The molecule has 28 heavy (non-hydrogen) atoms. The quantitative estimate of drug-likeness (QED) is 0.679. The van der Waals surface area contributed by atoms with E-state index in [0.29, 0.717) is 6.42 Å². The number of aryl methyl sites for hydroxylation is 2. The molecule has 8 heteroatoms. The molecular formula is C20H23N5O2S. The summed E-state index contributed by atoms with van der Waals surface area (Å²) in [5.74, 6) is 0.801. The summed E-state index contributed by atoms with van der Waals surface area (Å²) in [6.07, 6.45) is 2.50. The van der Waals surface area contributed by atoms with Crippen molar-refractivity contribution in [3.63, 3.8) is 0 Å². The second-order valence-corrected chi connectivity index (χ2v) is 7.99. The van der Waals surface area contributed by atoms with Gasteiger partial charge in [0.15, 0.2) is 5.13 Å². The van der Waals surface area contributed by atoms with Gasteiger partial charge in [-0.05, 0) is 38.8 Å². The lowest BCUT2D eigenvalue weighted by atomic mass is 10.1. The summed E-state index contributed by atoms with van der Waals surface area (Å²) in [4.78, 5) is 19.2. The first kappa shape index (κ1) is 18.5. The minimum absolute atomic E-state index is 0.0413. The third-order valence-electron chi connectivity index (χ3n) is 4.99. The summed E-state index contributed by atoms with van der Waals surface area (Å²) >= 11 is 1.63. The van der Waals surface area contributed by atoms with Crippen molar-refractivity contribution in [2.24, 2.45) is 0 Å². The van der Waals surface area contributed by atoms with Crippen LogP contribution in [0.2, 0.25) is 0 Å². The maximum Gasteiger partial charge on any atom is 0.319 e. The molecule has 2 amide bonds. The van der Waals surface area contributed by atoms with Crippen LogP contribution < -0.4 is 15.5 Å². The molecule has 3 heterocycles. The van der Waals surface area contributed by atoms with Gasteiger partial charge < -0.3 is 20.1 Å². The van der Waals surface area contributed by atoms with Crippen molar-refractivity contribution in [2.45, 2.75) is 46.3 Å².